The summed E-state index contributed by atoms with van der Waals surface area (Å²) in [7, 11) is 0. The molecule has 1 aliphatic rings. The van der Waals surface area contributed by atoms with E-state index in [9.17, 15) is 9.50 Å². The molecule has 0 unspecified atom stereocenters. The molecule has 0 aromatic heterocycles. The first kappa shape index (κ1) is 6.40. The third-order valence-corrected chi connectivity index (χ3v) is 1.86. The fourth-order valence-electron chi connectivity index (χ4n) is 1.28. The van der Waals surface area contributed by atoms with Crippen LogP contribution in [0.3, 0.4) is 0 Å². The van der Waals surface area contributed by atoms with Gasteiger partial charge in [-0.05, 0) is 30.2 Å². The van der Waals surface area contributed by atoms with E-state index in [1.54, 1.807) is 12.1 Å². The summed E-state index contributed by atoms with van der Waals surface area (Å²) >= 11 is 0. The molecule has 0 heterocycles. The standard InChI is InChI=1S/C9H7FO/c10-7-3-1-6-2-4-9(11)8(6)5-7/h1,3-5,11H,2H2. The lowest BCUT2D eigenvalue weighted by molar-refractivity contribution is 0.512. The number of allylic oxidation sites excluding steroid dienone is 1. The molecule has 1 aliphatic carbocycles. The molecular weight excluding hydrogens is 143 g/mol. The van der Waals surface area contributed by atoms with E-state index in [-0.39, 0.29) is 11.6 Å². The van der Waals surface area contributed by atoms with E-state index in [1.165, 1.54) is 12.1 Å². The van der Waals surface area contributed by atoms with E-state index in [4.69, 9.17) is 0 Å². The van der Waals surface area contributed by atoms with Crippen LogP contribution in [0.4, 0.5) is 4.39 Å². The van der Waals surface area contributed by atoms with Gasteiger partial charge in [0.05, 0.1) is 0 Å². The number of hydrogen-bond donors (Lipinski definition) is 1. The van der Waals surface area contributed by atoms with Crippen LogP contribution in [0.2, 0.25) is 0 Å². The largest absolute Gasteiger partial charge is 0.508 e. The Kier molecular flexibility index (Phi) is 1.22. The molecule has 11 heavy (non-hydrogen) atoms. The summed E-state index contributed by atoms with van der Waals surface area (Å²) < 4.78 is 12.6. The Labute approximate surface area is 63.8 Å². The van der Waals surface area contributed by atoms with Gasteiger partial charge in [-0.3, -0.25) is 0 Å². The van der Waals surface area contributed by atoms with Gasteiger partial charge < -0.3 is 5.11 Å². The lowest BCUT2D eigenvalue weighted by atomic mass is 10.1. The Morgan fingerprint density at radius 3 is 3.00 bits per heavy atom. The van der Waals surface area contributed by atoms with Gasteiger partial charge in [0.2, 0.25) is 0 Å². The number of aliphatic hydroxyl groups excluding tert-OH is 1. The number of rotatable bonds is 0. The predicted octanol–water partition coefficient (Wildman–Crippen LogP) is 2.28. The zero-order chi connectivity index (χ0) is 7.84. The zero-order valence-electron chi connectivity index (χ0n) is 5.84. The second kappa shape index (κ2) is 2.09. The van der Waals surface area contributed by atoms with Crippen LogP contribution in [-0.2, 0) is 6.42 Å². The monoisotopic (exact) mass is 150 g/mol. The summed E-state index contributed by atoms with van der Waals surface area (Å²) in [5.74, 6) is -0.106. The molecule has 0 bridgehead atoms. The molecule has 0 aliphatic heterocycles. The summed E-state index contributed by atoms with van der Waals surface area (Å²) in [5.41, 5.74) is 1.62. The van der Waals surface area contributed by atoms with Crippen molar-refractivity contribution in [2.45, 2.75) is 6.42 Å². The molecule has 1 aromatic carbocycles. The molecular formula is C9H7FO. The average Bonchev–Trinajstić information content (AvgIpc) is 2.33. The van der Waals surface area contributed by atoms with Crippen LogP contribution in [0, 0.1) is 5.82 Å². The van der Waals surface area contributed by atoms with E-state index in [0.29, 0.717) is 12.0 Å². The van der Waals surface area contributed by atoms with Gasteiger partial charge in [-0.1, -0.05) is 6.07 Å². The van der Waals surface area contributed by atoms with Crippen molar-refractivity contribution in [2.75, 3.05) is 0 Å². The molecule has 0 amide bonds. The molecule has 0 radical (unpaired) electrons. The van der Waals surface area contributed by atoms with Gasteiger partial charge in [-0.2, -0.15) is 0 Å². The maximum Gasteiger partial charge on any atom is 0.123 e. The molecule has 1 N–H and O–H groups in total. The average molecular weight is 150 g/mol. The van der Waals surface area contributed by atoms with Gasteiger partial charge in [0, 0.05) is 5.56 Å². The third kappa shape index (κ3) is 0.909. The topological polar surface area (TPSA) is 20.2 Å². The van der Waals surface area contributed by atoms with Gasteiger partial charge in [0.1, 0.15) is 11.6 Å². The smallest absolute Gasteiger partial charge is 0.123 e. The number of fused-ring (bicyclic) bond motifs is 1. The summed E-state index contributed by atoms with van der Waals surface area (Å²) in [6, 6.07) is 4.46. The lowest BCUT2D eigenvalue weighted by Crippen LogP contribution is -1.85. The highest BCUT2D eigenvalue weighted by molar-refractivity contribution is 5.66. The van der Waals surface area contributed by atoms with Crippen LogP contribution in [0.1, 0.15) is 11.1 Å². The van der Waals surface area contributed by atoms with E-state index in [1.807, 2.05) is 0 Å². The normalized spacial score (nSPS) is 14.5. The van der Waals surface area contributed by atoms with Crippen LogP contribution >= 0.6 is 0 Å². The first-order chi connectivity index (χ1) is 5.27. The van der Waals surface area contributed by atoms with Crippen molar-refractivity contribution in [3.63, 3.8) is 0 Å². The highest BCUT2D eigenvalue weighted by Gasteiger charge is 2.12. The molecule has 0 saturated heterocycles. The van der Waals surface area contributed by atoms with E-state index in [2.05, 4.69) is 0 Å². The van der Waals surface area contributed by atoms with E-state index < -0.39 is 0 Å². The highest BCUT2D eigenvalue weighted by Crippen LogP contribution is 2.25. The van der Waals surface area contributed by atoms with Crippen molar-refractivity contribution in [2.24, 2.45) is 0 Å². The molecule has 2 heteroatoms. The molecule has 0 saturated carbocycles. The van der Waals surface area contributed by atoms with Crippen molar-refractivity contribution >= 4 is 5.76 Å². The first-order valence-electron chi connectivity index (χ1n) is 3.45. The van der Waals surface area contributed by atoms with Gasteiger partial charge in [0.25, 0.3) is 0 Å². The number of hydrogen-bond acceptors (Lipinski definition) is 1. The third-order valence-electron chi connectivity index (χ3n) is 1.86. The van der Waals surface area contributed by atoms with Crippen molar-refractivity contribution < 1.29 is 9.50 Å². The quantitative estimate of drug-likeness (QED) is 0.601. The van der Waals surface area contributed by atoms with Crippen molar-refractivity contribution in [3.8, 4) is 0 Å². The molecule has 0 atom stereocenters. The minimum atomic E-state index is -0.300. The van der Waals surface area contributed by atoms with Crippen LogP contribution in [0.5, 0.6) is 0 Å². The SMILES string of the molecule is OC1=CCc2ccc(F)cc21. The van der Waals surface area contributed by atoms with Crippen LogP contribution in [0.25, 0.3) is 5.76 Å². The molecule has 0 fully saturated rings. The fourth-order valence-corrected chi connectivity index (χ4v) is 1.28. The van der Waals surface area contributed by atoms with Crippen LogP contribution < -0.4 is 0 Å². The van der Waals surface area contributed by atoms with Crippen LogP contribution in [-0.4, -0.2) is 5.11 Å². The second-order valence-electron chi connectivity index (χ2n) is 2.59. The zero-order valence-corrected chi connectivity index (χ0v) is 5.84. The number of halogens is 1. The summed E-state index contributed by atoms with van der Waals surface area (Å²) in [4.78, 5) is 0. The molecule has 1 nitrogen and oxygen atoms in total. The minimum Gasteiger partial charge on any atom is -0.508 e. The molecule has 56 valence electrons. The van der Waals surface area contributed by atoms with Gasteiger partial charge in [-0.15, -0.1) is 0 Å². The Hall–Kier alpha value is -1.31. The van der Waals surface area contributed by atoms with Gasteiger partial charge >= 0.3 is 0 Å². The Balaban J connectivity index is 2.60. The summed E-state index contributed by atoms with van der Waals surface area (Å²) in [6.45, 7) is 0. The van der Waals surface area contributed by atoms with Crippen molar-refractivity contribution in [1.82, 2.24) is 0 Å². The summed E-state index contributed by atoms with van der Waals surface area (Å²) in [6.07, 6.45) is 2.39. The molecule has 1 aromatic rings. The van der Waals surface area contributed by atoms with Crippen molar-refractivity contribution in [1.29, 1.82) is 0 Å². The lowest BCUT2D eigenvalue weighted by Gasteiger charge is -1.98. The number of benzene rings is 1. The summed E-state index contributed by atoms with van der Waals surface area (Å²) in [5, 5.41) is 9.20. The van der Waals surface area contributed by atoms with E-state index >= 15 is 0 Å². The fraction of sp³-hybridized carbons (Fsp3) is 0.111. The Morgan fingerprint density at radius 2 is 2.18 bits per heavy atom. The first-order valence-corrected chi connectivity index (χ1v) is 3.45. The van der Waals surface area contributed by atoms with E-state index in [0.717, 1.165) is 5.56 Å². The second-order valence-corrected chi connectivity index (χ2v) is 2.59. The Bertz CT molecular complexity index is 328. The van der Waals surface area contributed by atoms with Crippen molar-refractivity contribution in [3.05, 3.63) is 41.2 Å². The maximum atomic E-state index is 12.6. The maximum absolute atomic E-state index is 12.6. The molecule has 2 rings (SSSR count). The minimum absolute atomic E-state index is 0.194. The van der Waals surface area contributed by atoms with Crippen LogP contribution in [0.15, 0.2) is 24.3 Å². The van der Waals surface area contributed by atoms with Gasteiger partial charge in [-0.25, -0.2) is 4.39 Å². The van der Waals surface area contributed by atoms with Gasteiger partial charge in [0.15, 0.2) is 0 Å². The highest BCUT2D eigenvalue weighted by atomic mass is 19.1. The predicted molar refractivity (Wildman–Crippen MR) is 40.7 cm³/mol. The Morgan fingerprint density at radius 1 is 1.36 bits per heavy atom. The molecule has 0 spiro atoms. The number of aliphatic hydroxyl groups is 1.